The lowest BCUT2D eigenvalue weighted by atomic mass is 10.2. The van der Waals surface area contributed by atoms with Gasteiger partial charge in [-0.2, -0.15) is 0 Å². The van der Waals surface area contributed by atoms with Gasteiger partial charge in [0.15, 0.2) is 0 Å². The summed E-state index contributed by atoms with van der Waals surface area (Å²) < 4.78 is 17.8. The van der Waals surface area contributed by atoms with Crippen molar-refractivity contribution in [2.24, 2.45) is 0 Å². The number of benzene rings is 1. The first-order chi connectivity index (χ1) is 8.13. The number of rotatable bonds is 6. The molecule has 1 rings (SSSR count). The summed E-state index contributed by atoms with van der Waals surface area (Å²) >= 11 is 0. The Labute approximate surface area is 100 Å². The van der Waals surface area contributed by atoms with E-state index in [2.05, 4.69) is 10.6 Å². The SMILES string of the molecule is COCCNC(=O)CNc1cc(F)ccc1C. The summed E-state index contributed by atoms with van der Waals surface area (Å²) in [5, 5.41) is 5.56. The third-order valence-electron chi connectivity index (χ3n) is 2.27. The maximum atomic E-state index is 13.0. The smallest absolute Gasteiger partial charge is 0.239 e. The number of nitrogens with one attached hydrogen (secondary N) is 2. The monoisotopic (exact) mass is 240 g/mol. The van der Waals surface area contributed by atoms with Gasteiger partial charge in [-0.1, -0.05) is 6.07 Å². The number of carbonyl (C=O) groups is 1. The Bertz CT molecular complexity index is 383. The predicted molar refractivity (Wildman–Crippen MR) is 64.5 cm³/mol. The normalized spacial score (nSPS) is 10.1. The molecular formula is C12H17FN2O2. The van der Waals surface area contributed by atoms with Crippen LogP contribution >= 0.6 is 0 Å². The molecule has 2 N–H and O–H groups in total. The minimum Gasteiger partial charge on any atom is -0.383 e. The van der Waals surface area contributed by atoms with Gasteiger partial charge in [-0.15, -0.1) is 0 Å². The van der Waals surface area contributed by atoms with Gasteiger partial charge in [0.1, 0.15) is 5.82 Å². The van der Waals surface area contributed by atoms with E-state index in [1.807, 2.05) is 6.92 Å². The number of carbonyl (C=O) groups excluding carboxylic acids is 1. The van der Waals surface area contributed by atoms with E-state index in [9.17, 15) is 9.18 Å². The lowest BCUT2D eigenvalue weighted by Gasteiger charge is -2.09. The highest BCUT2D eigenvalue weighted by Crippen LogP contribution is 2.15. The van der Waals surface area contributed by atoms with Crippen molar-refractivity contribution in [3.63, 3.8) is 0 Å². The van der Waals surface area contributed by atoms with E-state index in [1.165, 1.54) is 12.1 Å². The van der Waals surface area contributed by atoms with E-state index in [4.69, 9.17) is 4.74 Å². The molecule has 94 valence electrons. The summed E-state index contributed by atoms with van der Waals surface area (Å²) in [7, 11) is 1.57. The molecule has 4 nitrogen and oxygen atoms in total. The molecule has 17 heavy (non-hydrogen) atoms. The summed E-state index contributed by atoms with van der Waals surface area (Å²) in [6.45, 7) is 2.92. The van der Waals surface area contributed by atoms with Gasteiger partial charge in [0.05, 0.1) is 13.2 Å². The molecule has 0 aliphatic carbocycles. The Morgan fingerprint density at radius 1 is 1.47 bits per heavy atom. The van der Waals surface area contributed by atoms with Crippen LogP contribution in [-0.4, -0.2) is 32.7 Å². The van der Waals surface area contributed by atoms with E-state index in [1.54, 1.807) is 13.2 Å². The molecule has 0 spiro atoms. The van der Waals surface area contributed by atoms with Crippen molar-refractivity contribution in [3.8, 4) is 0 Å². The Hall–Kier alpha value is -1.62. The number of aryl methyl sites for hydroxylation is 1. The van der Waals surface area contributed by atoms with Gasteiger partial charge in [0.25, 0.3) is 0 Å². The zero-order chi connectivity index (χ0) is 12.7. The minimum absolute atomic E-state index is 0.119. The zero-order valence-electron chi connectivity index (χ0n) is 10.0. The minimum atomic E-state index is -0.321. The van der Waals surface area contributed by atoms with Gasteiger partial charge in [0.2, 0.25) is 5.91 Å². The number of ether oxygens (including phenoxy) is 1. The number of anilines is 1. The zero-order valence-corrected chi connectivity index (χ0v) is 10.0. The molecule has 0 aromatic heterocycles. The first kappa shape index (κ1) is 13.4. The Morgan fingerprint density at radius 2 is 2.24 bits per heavy atom. The standard InChI is InChI=1S/C12H17FN2O2/c1-9-3-4-10(13)7-11(9)15-8-12(16)14-5-6-17-2/h3-4,7,15H,5-6,8H2,1-2H3,(H,14,16). The number of amides is 1. The van der Waals surface area contributed by atoms with Crippen molar-refractivity contribution in [3.05, 3.63) is 29.6 Å². The Morgan fingerprint density at radius 3 is 2.94 bits per heavy atom. The molecular weight excluding hydrogens is 223 g/mol. The van der Waals surface area contributed by atoms with Crippen molar-refractivity contribution in [1.29, 1.82) is 0 Å². The fraction of sp³-hybridized carbons (Fsp3) is 0.417. The van der Waals surface area contributed by atoms with Crippen LogP contribution in [-0.2, 0) is 9.53 Å². The molecule has 0 heterocycles. The van der Waals surface area contributed by atoms with E-state index in [-0.39, 0.29) is 18.3 Å². The average molecular weight is 240 g/mol. The topological polar surface area (TPSA) is 50.4 Å². The maximum Gasteiger partial charge on any atom is 0.239 e. The van der Waals surface area contributed by atoms with Crippen LogP contribution < -0.4 is 10.6 Å². The summed E-state index contributed by atoms with van der Waals surface area (Å²) in [5.74, 6) is -0.469. The Balaban J connectivity index is 2.39. The maximum absolute atomic E-state index is 13.0. The lowest BCUT2D eigenvalue weighted by molar-refractivity contribution is -0.119. The molecule has 0 radical (unpaired) electrons. The molecule has 0 fully saturated rings. The molecule has 5 heteroatoms. The van der Waals surface area contributed by atoms with Crippen LogP contribution in [0.5, 0.6) is 0 Å². The third-order valence-corrected chi connectivity index (χ3v) is 2.27. The van der Waals surface area contributed by atoms with Crippen molar-refractivity contribution in [2.45, 2.75) is 6.92 Å². The molecule has 0 aliphatic heterocycles. The molecule has 0 unspecified atom stereocenters. The van der Waals surface area contributed by atoms with Gasteiger partial charge >= 0.3 is 0 Å². The average Bonchev–Trinajstić information content (AvgIpc) is 2.31. The van der Waals surface area contributed by atoms with Crippen LogP contribution in [0.1, 0.15) is 5.56 Å². The quantitative estimate of drug-likeness (QED) is 0.737. The third kappa shape index (κ3) is 4.82. The van der Waals surface area contributed by atoms with Crippen LogP contribution in [0, 0.1) is 12.7 Å². The van der Waals surface area contributed by atoms with Crippen molar-refractivity contribution >= 4 is 11.6 Å². The summed E-state index contributed by atoms with van der Waals surface area (Å²) in [6, 6.07) is 4.43. The van der Waals surface area contributed by atoms with E-state index < -0.39 is 0 Å². The lowest BCUT2D eigenvalue weighted by Crippen LogP contribution is -2.32. The van der Waals surface area contributed by atoms with Crippen LogP contribution in [0.3, 0.4) is 0 Å². The molecule has 0 aliphatic rings. The molecule has 1 aromatic carbocycles. The van der Waals surface area contributed by atoms with Crippen LogP contribution in [0.2, 0.25) is 0 Å². The van der Waals surface area contributed by atoms with Crippen molar-refractivity contribution < 1.29 is 13.9 Å². The van der Waals surface area contributed by atoms with E-state index >= 15 is 0 Å². The molecule has 1 amide bonds. The second-order valence-electron chi connectivity index (χ2n) is 3.66. The largest absolute Gasteiger partial charge is 0.383 e. The summed E-state index contributed by atoms with van der Waals surface area (Å²) in [4.78, 5) is 11.4. The van der Waals surface area contributed by atoms with Crippen LogP contribution in [0.25, 0.3) is 0 Å². The van der Waals surface area contributed by atoms with Crippen molar-refractivity contribution in [2.75, 3.05) is 32.1 Å². The number of methoxy groups -OCH3 is 1. The fourth-order valence-electron chi connectivity index (χ4n) is 1.32. The summed E-state index contributed by atoms with van der Waals surface area (Å²) in [5.41, 5.74) is 1.53. The Kier molecular flexibility index (Phi) is 5.42. The second kappa shape index (κ2) is 6.85. The van der Waals surface area contributed by atoms with E-state index in [0.29, 0.717) is 18.8 Å². The highest BCUT2D eigenvalue weighted by molar-refractivity contribution is 5.80. The first-order valence-electron chi connectivity index (χ1n) is 5.39. The second-order valence-corrected chi connectivity index (χ2v) is 3.66. The van der Waals surface area contributed by atoms with Crippen LogP contribution in [0.4, 0.5) is 10.1 Å². The molecule has 1 aromatic rings. The number of hydrogen-bond donors (Lipinski definition) is 2. The van der Waals surface area contributed by atoms with Gasteiger partial charge in [-0.25, -0.2) is 4.39 Å². The van der Waals surface area contributed by atoms with Crippen molar-refractivity contribution in [1.82, 2.24) is 5.32 Å². The van der Waals surface area contributed by atoms with Gasteiger partial charge < -0.3 is 15.4 Å². The first-order valence-corrected chi connectivity index (χ1v) is 5.39. The number of hydrogen-bond acceptors (Lipinski definition) is 3. The molecule has 0 atom stereocenters. The highest BCUT2D eigenvalue weighted by Gasteiger charge is 2.03. The van der Waals surface area contributed by atoms with Gasteiger partial charge in [0, 0.05) is 19.3 Å². The molecule has 0 bridgehead atoms. The predicted octanol–water partition coefficient (Wildman–Crippen LogP) is 1.31. The number of halogens is 1. The summed E-state index contributed by atoms with van der Waals surface area (Å²) in [6.07, 6.45) is 0. The molecule has 0 saturated heterocycles. The van der Waals surface area contributed by atoms with Gasteiger partial charge in [-0.3, -0.25) is 4.79 Å². The van der Waals surface area contributed by atoms with Crippen LogP contribution in [0.15, 0.2) is 18.2 Å². The fourth-order valence-corrected chi connectivity index (χ4v) is 1.32. The van der Waals surface area contributed by atoms with Gasteiger partial charge in [-0.05, 0) is 24.6 Å². The van der Waals surface area contributed by atoms with E-state index in [0.717, 1.165) is 5.56 Å². The highest BCUT2D eigenvalue weighted by atomic mass is 19.1. The molecule has 0 saturated carbocycles.